The molecule has 1 aliphatic rings. The van der Waals surface area contributed by atoms with Gasteiger partial charge >= 0.3 is 0 Å². The largest absolute Gasteiger partial charge is 0.335 e. The van der Waals surface area contributed by atoms with Crippen LogP contribution in [0.15, 0.2) is 48.9 Å². The number of aromatic nitrogens is 3. The molecule has 0 radical (unpaired) electrons. The second-order valence-electron chi connectivity index (χ2n) is 6.63. The SMILES string of the molecule is O=C(c1cc2c(ccc3cnc(Nc4cccnc4)nc32)s1)N1CCNCC1. The molecule has 3 aromatic heterocycles. The Kier molecular flexibility index (Phi) is 4.34. The maximum absolute atomic E-state index is 12.9. The Hall–Kier alpha value is -3.10. The van der Waals surface area contributed by atoms with Crippen LogP contribution in [0.1, 0.15) is 9.67 Å². The Bertz CT molecular complexity index is 1150. The smallest absolute Gasteiger partial charge is 0.264 e. The van der Waals surface area contributed by atoms with Gasteiger partial charge in [-0.05, 0) is 30.3 Å². The van der Waals surface area contributed by atoms with E-state index in [0.717, 1.165) is 57.7 Å². The lowest BCUT2D eigenvalue weighted by molar-refractivity contribution is 0.0741. The average molecular weight is 390 g/mol. The highest BCUT2D eigenvalue weighted by atomic mass is 32.1. The van der Waals surface area contributed by atoms with E-state index < -0.39 is 0 Å². The fourth-order valence-corrected chi connectivity index (χ4v) is 4.40. The highest BCUT2D eigenvalue weighted by molar-refractivity contribution is 7.21. The molecule has 2 N–H and O–H groups in total. The molecule has 0 saturated carbocycles. The van der Waals surface area contributed by atoms with Gasteiger partial charge in [0, 0.05) is 54.0 Å². The highest BCUT2D eigenvalue weighted by Crippen LogP contribution is 2.32. The first-order chi connectivity index (χ1) is 13.8. The zero-order valence-corrected chi connectivity index (χ0v) is 15.9. The lowest BCUT2D eigenvalue weighted by Gasteiger charge is -2.26. The summed E-state index contributed by atoms with van der Waals surface area (Å²) in [5, 5.41) is 8.39. The number of anilines is 2. The number of fused-ring (bicyclic) bond motifs is 3. The summed E-state index contributed by atoms with van der Waals surface area (Å²) in [5.41, 5.74) is 1.67. The quantitative estimate of drug-likeness (QED) is 0.560. The van der Waals surface area contributed by atoms with Gasteiger partial charge in [-0.25, -0.2) is 9.97 Å². The second-order valence-corrected chi connectivity index (χ2v) is 7.71. The lowest BCUT2D eigenvalue weighted by Crippen LogP contribution is -2.46. The molecule has 7 nitrogen and oxygen atoms in total. The van der Waals surface area contributed by atoms with Crippen molar-refractivity contribution in [3.8, 4) is 0 Å². The number of thiophene rings is 1. The molecule has 140 valence electrons. The minimum atomic E-state index is 0.0959. The molecule has 1 aromatic carbocycles. The van der Waals surface area contributed by atoms with Crippen molar-refractivity contribution in [1.82, 2.24) is 25.2 Å². The second kappa shape index (κ2) is 7.14. The van der Waals surface area contributed by atoms with E-state index in [4.69, 9.17) is 4.98 Å². The van der Waals surface area contributed by atoms with Crippen LogP contribution in [0, 0.1) is 0 Å². The Labute approximate surface area is 165 Å². The molecule has 0 atom stereocenters. The number of nitrogens with one attached hydrogen (secondary N) is 2. The van der Waals surface area contributed by atoms with Crippen LogP contribution in [0.2, 0.25) is 0 Å². The van der Waals surface area contributed by atoms with Gasteiger partial charge in [0.2, 0.25) is 5.95 Å². The van der Waals surface area contributed by atoms with Crippen LogP contribution < -0.4 is 10.6 Å². The third-order valence-electron chi connectivity index (χ3n) is 4.78. The van der Waals surface area contributed by atoms with Gasteiger partial charge in [0.1, 0.15) is 0 Å². The number of piperazine rings is 1. The molecule has 1 saturated heterocycles. The maximum atomic E-state index is 12.9. The number of benzene rings is 1. The van der Waals surface area contributed by atoms with Crippen molar-refractivity contribution in [2.24, 2.45) is 0 Å². The van der Waals surface area contributed by atoms with Crippen molar-refractivity contribution in [2.45, 2.75) is 0 Å². The highest BCUT2D eigenvalue weighted by Gasteiger charge is 2.20. The van der Waals surface area contributed by atoms with Crippen LogP contribution in [0.3, 0.4) is 0 Å². The number of carbonyl (C=O) groups excluding carboxylic acids is 1. The molecule has 0 bridgehead atoms. The van der Waals surface area contributed by atoms with Crippen molar-refractivity contribution in [3.63, 3.8) is 0 Å². The molecule has 0 spiro atoms. The van der Waals surface area contributed by atoms with Gasteiger partial charge in [-0.15, -0.1) is 11.3 Å². The van der Waals surface area contributed by atoms with Crippen LogP contribution in [-0.4, -0.2) is 51.9 Å². The van der Waals surface area contributed by atoms with E-state index >= 15 is 0 Å². The fraction of sp³-hybridized carbons (Fsp3) is 0.200. The Balaban J connectivity index is 1.53. The Morgan fingerprint density at radius 2 is 2.07 bits per heavy atom. The van der Waals surface area contributed by atoms with Crippen LogP contribution in [0.5, 0.6) is 0 Å². The molecule has 0 unspecified atom stereocenters. The summed E-state index contributed by atoms with van der Waals surface area (Å²) >= 11 is 1.52. The van der Waals surface area contributed by atoms with Gasteiger partial charge in [0.25, 0.3) is 5.91 Å². The van der Waals surface area contributed by atoms with E-state index in [9.17, 15) is 4.79 Å². The van der Waals surface area contributed by atoms with Crippen LogP contribution in [-0.2, 0) is 0 Å². The average Bonchev–Trinajstić information content (AvgIpc) is 3.19. The number of rotatable bonds is 3. The monoisotopic (exact) mass is 390 g/mol. The predicted octanol–water partition coefficient (Wildman–Crippen LogP) is 3.03. The number of hydrogen-bond acceptors (Lipinski definition) is 7. The normalized spacial score (nSPS) is 14.5. The molecule has 1 amide bonds. The van der Waals surface area contributed by atoms with Gasteiger partial charge in [0.05, 0.1) is 22.3 Å². The predicted molar refractivity (Wildman–Crippen MR) is 111 cm³/mol. The van der Waals surface area contributed by atoms with Crippen molar-refractivity contribution >= 4 is 49.9 Å². The summed E-state index contributed by atoms with van der Waals surface area (Å²) in [7, 11) is 0. The van der Waals surface area contributed by atoms with Gasteiger partial charge < -0.3 is 15.5 Å². The molecule has 4 aromatic rings. The molecule has 1 aliphatic heterocycles. The number of pyridine rings is 1. The van der Waals surface area contributed by atoms with Crippen LogP contribution in [0.4, 0.5) is 11.6 Å². The molecular formula is C20H18N6OS. The molecule has 5 rings (SSSR count). The van der Waals surface area contributed by atoms with Crippen molar-refractivity contribution < 1.29 is 4.79 Å². The molecule has 28 heavy (non-hydrogen) atoms. The summed E-state index contributed by atoms with van der Waals surface area (Å²) < 4.78 is 1.05. The molecule has 8 heteroatoms. The van der Waals surface area contributed by atoms with E-state index in [1.165, 1.54) is 11.3 Å². The first-order valence-corrected chi connectivity index (χ1v) is 9.96. The van der Waals surface area contributed by atoms with Crippen molar-refractivity contribution in [1.29, 1.82) is 0 Å². The van der Waals surface area contributed by atoms with Gasteiger partial charge in [-0.3, -0.25) is 9.78 Å². The molecular weight excluding hydrogens is 372 g/mol. The zero-order valence-electron chi connectivity index (χ0n) is 15.1. The van der Waals surface area contributed by atoms with Gasteiger partial charge in [-0.2, -0.15) is 0 Å². The third-order valence-corrected chi connectivity index (χ3v) is 5.87. The third kappa shape index (κ3) is 3.17. The van der Waals surface area contributed by atoms with E-state index in [0.29, 0.717) is 5.95 Å². The number of amides is 1. The summed E-state index contributed by atoms with van der Waals surface area (Å²) in [5.74, 6) is 0.604. The zero-order chi connectivity index (χ0) is 18.9. The summed E-state index contributed by atoms with van der Waals surface area (Å²) in [6.45, 7) is 3.18. The van der Waals surface area contributed by atoms with E-state index in [2.05, 4.69) is 20.6 Å². The van der Waals surface area contributed by atoms with E-state index in [1.807, 2.05) is 35.2 Å². The summed E-state index contributed by atoms with van der Waals surface area (Å²) in [6.07, 6.45) is 5.25. The Morgan fingerprint density at radius 1 is 1.18 bits per heavy atom. The standard InChI is InChI=1S/C20H18N6OS/c27-19(26-8-6-21-7-9-26)17-10-15-16(28-17)4-3-13-11-23-20(25-18(13)15)24-14-2-1-5-22-12-14/h1-5,10-12,21H,6-9H2,(H,23,24,25). The first kappa shape index (κ1) is 17.0. The topological polar surface area (TPSA) is 83.0 Å². The molecule has 0 aliphatic carbocycles. The molecule has 1 fully saturated rings. The van der Waals surface area contributed by atoms with Crippen molar-refractivity contribution in [3.05, 3.63) is 53.8 Å². The maximum Gasteiger partial charge on any atom is 0.264 e. The number of carbonyl (C=O) groups is 1. The fourth-order valence-electron chi connectivity index (χ4n) is 3.36. The Morgan fingerprint density at radius 3 is 2.89 bits per heavy atom. The van der Waals surface area contributed by atoms with Crippen molar-refractivity contribution in [2.75, 3.05) is 31.5 Å². The van der Waals surface area contributed by atoms with Crippen LogP contribution >= 0.6 is 11.3 Å². The minimum absolute atomic E-state index is 0.0959. The van der Waals surface area contributed by atoms with E-state index in [1.54, 1.807) is 18.6 Å². The van der Waals surface area contributed by atoms with Gasteiger partial charge in [0.15, 0.2) is 0 Å². The van der Waals surface area contributed by atoms with E-state index in [-0.39, 0.29) is 5.91 Å². The lowest BCUT2D eigenvalue weighted by atomic mass is 10.1. The first-order valence-electron chi connectivity index (χ1n) is 9.14. The minimum Gasteiger partial charge on any atom is -0.335 e. The van der Waals surface area contributed by atoms with Gasteiger partial charge in [-0.1, -0.05) is 0 Å². The summed E-state index contributed by atoms with van der Waals surface area (Å²) in [4.78, 5) is 28.7. The number of hydrogen-bond donors (Lipinski definition) is 2. The summed E-state index contributed by atoms with van der Waals surface area (Å²) in [6, 6.07) is 9.77. The van der Waals surface area contributed by atoms with Crippen LogP contribution in [0.25, 0.3) is 21.0 Å². The number of nitrogens with zero attached hydrogens (tertiary/aromatic N) is 4. The molecule has 4 heterocycles.